The number of hydrogen-bond donors (Lipinski definition) is 2. The van der Waals surface area contributed by atoms with E-state index in [-0.39, 0.29) is 18.7 Å². The first-order chi connectivity index (χ1) is 15.2. The number of nitrogens with zero attached hydrogens (tertiary/aromatic N) is 2. The molecule has 5 nitrogen and oxygen atoms in total. The number of pyridine rings is 1. The molecule has 2 N–H and O–H groups in total. The zero-order chi connectivity index (χ0) is 22.5. The summed E-state index contributed by atoms with van der Waals surface area (Å²) in [6.07, 6.45) is 1.02. The summed E-state index contributed by atoms with van der Waals surface area (Å²) in [4.78, 5) is 24.5. The van der Waals surface area contributed by atoms with E-state index in [4.69, 9.17) is 11.6 Å². The predicted molar refractivity (Wildman–Crippen MR) is 119 cm³/mol. The van der Waals surface area contributed by atoms with Crippen LogP contribution in [0, 0.1) is 6.92 Å². The molecule has 2 heterocycles. The van der Waals surface area contributed by atoms with Gasteiger partial charge in [0.25, 0.3) is 11.8 Å². The van der Waals surface area contributed by atoms with E-state index in [0.29, 0.717) is 33.3 Å². The summed E-state index contributed by atoms with van der Waals surface area (Å²) >= 11 is 5.95. The summed E-state index contributed by atoms with van der Waals surface area (Å²) in [7, 11) is 0. The number of H-pyrrole nitrogens is 1. The molecule has 0 unspecified atom stereocenters. The maximum atomic E-state index is 14.1. The summed E-state index contributed by atoms with van der Waals surface area (Å²) in [6, 6.07) is 15.5. The van der Waals surface area contributed by atoms with Crippen LogP contribution in [0.3, 0.4) is 0 Å². The average molecular weight is 453 g/mol. The van der Waals surface area contributed by atoms with Gasteiger partial charge in [-0.25, -0.2) is 18.7 Å². The van der Waals surface area contributed by atoms with Crippen molar-refractivity contribution in [2.24, 2.45) is 0 Å². The van der Waals surface area contributed by atoms with Gasteiger partial charge in [0.15, 0.2) is 5.65 Å². The molecule has 0 bridgehead atoms. The molecule has 0 aliphatic heterocycles. The molecule has 2 aromatic carbocycles. The number of rotatable bonds is 4. The van der Waals surface area contributed by atoms with Crippen molar-refractivity contribution in [2.75, 3.05) is 5.32 Å². The van der Waals surface area contributed by atoms with Gasteiger partial charge in [0.2, 0.25) is 0 Å². The Morgan fingerprint density at radius 2 is 1.88 bits per heavy atom. The molecule has 1 amide bonds. The largest absolute Gasteiger partial charge is 0.340 e. The van der Waals surface area contributed by atoms with Crippen LogP contribution in [0.25, 0.3) is 11.2 Å². The number of aryl methyl sites for hydroxylation is 1. The lowest BCUT2D eigenvalue weighted by atomic mass is 9.61. The van der Waals surface area contributed by atoms with Crippen molar-refractivity contribution in [3.8, 4) is 0 Å². The van der Waals surface area contributed by atoms with Crippen molar-refractivity contribution >= 4 is 34.4 Å². The number of amides is 1. The number of imidazole rings is 1. The van der Waals surface area contributed by atoms with Gasteiger partial charge in [0, 0.05) is 35.3 Å². The van der Waals surface area contributed by atoms with E-state index in [0.717, 1.165) is 11.1 Å². The molecule has 0 radical (unpaired) electrons. The minimum Gasteiger partial charge on any atom is -0.340 e. The highest BCUT2D eigenvalue weighted by Gasteiger charge is 2.59. The van der Waals surface area contributed by atoms with Gasteiger partial charge in [-0.05, 0) is 54.4 Å². The maximum Gasteiger partial charge on any atom is 0.255 e. The fourth-order valence-corrected chi connectivity index (χ4v) is 4.47. The Labute approximate surface area is 187 Å². The van der Waals surface area contributed by atoms with Crippen LogP contribution >= 0.6 is 11.6 Å². The summed E-state index contributed by atoms with van der Waals surface area (Å²) in [5, 5.41) is 3.27. The van der Waals surface area contributed by atoms with Gasteiger partial charge in [-0.3, -0.25) is 4.79 Å². The fraction of sp³-hybridized carbons (Fsp3) is 0.208. The number of fused-ring (bicyclic) bond motifs is 1. The number of alkyl halides is 2. The van der Waals surface area contributed by atoms with Crippen molar-refractivity contribution in [3.63, 3.8) is 0 Å². The second-order valence-corrected chi connectivity index (χ2v) is 8.74. The molecule has 1 aliphatic rings. The third-order valence-electron chi connectivity index (χ3n) is 5.83. The summed E-state index contributed by atoms with van der Waals surface area (Å²) in [6.45, 7) is 1.91. The van der Waals surface area contributed by atoms with Crippen LogP contribution < -0.4 is 5.32 Å². The quantitative estimate of drug-likeness (QED) is 0.405. The second kappa shape index (κ2) is 7.38. The zero-order valence-electron chi connectivity index (χ0n) is 17.1. The molecule has 1 fully saturated rings. The lowest BCUT2D eigenvalue weighted by molar-refractivity contribution is -0.115. The van der Waals surface area contributed by atoms with E-state index < -0.39 is 11.3 Å². The average Bonchev–Trinajstić information content (AvgIpc) is 3.15. The zero-order valence-corrected chi connectivity index (χ0v) is 17.9. The van der Waals surface area contributed by atoms with Crippen LogP contribution in [0.4, 0.5) is 14.5 Å². The van der Waals surface area contributed by atoms with Crippen molar-refractivity contribution < 1.29 is 13.6 Å². The molecule has 8 heteroatoms. The van der Waals surface area contributed by atoms with Crippen LogP contribution in [0.5, 0.6) is 0 Å². The van der Waals surface area contributed by atoms with E-state index in [1.807, 2.05) is 13.0 Å². The van der Waals surface area contributed by atoms with Gasteiger partial charge in [0.05, 0.1) is 10.9 Å². The number of benzene rings is 2. The Morgan fingerprint density at radius 1 is 1.12 bits per heavy atom. The summed E-state index contributed by atoms with van der Waals surface area (Å²) in [5.74, 6) is -2.59. The van der Waals surface area contributed by atoms with Crippen LogP contribution in [-0.4, -0.2) is 26.8 Å². The first kappa shape index (κ1) is 20.6. The van der Waals surface area contributed by atoms with Gasteiger partial charge >= 0.3 is 0 Å². The first-order valence-electron chi connectivity index (χ1n) is 10.1. The number of nitrogens with one attached hydrogen (secondary N) is 2. The number of carbonyl (C=O) groups excluding carboxylic acids is 1. The van der Waals surface area contributed by atoms with Gasteiger partial charge in [-0.15, -0.1) is 0 Å². The minimum absolute atomic E-state index is 0.302. The molecule has 0 atom stereocenters. The Bertz CT molecular complexity index is 1330. The van der Waals surface area contributed by atoms with E-state index in [2.05, 4.69) is 20.3 Å². The van der Waals surface area contributed by atoms with Crippen molar-refractivity contribution in [1.82, 2.24) is 15.0 Å². The Morgan fingerprint density at radius 3 is 2.56 bits per heavy atom. The third-order valence-corrected chi connectivity index (χ3v) is 6.07. The molecule has 32 heavy (non-hydrogen) atoms. The highest BCUT2D eigenvalue weighted by molar-refractivity contribution is 6.31. The molecule has 4 aromatic rings. The molecular weight excluding hydrogens is 434 g/mol. The monoisotopic (exact) mass is 452 g/mol. The highest BCUT2D eigenvalue weighted by atomic mass is 35.5. The SMILES string of the molecule is Cc1cnc2nc(C3(c4ccc(NC(=O)c5cccc(Cl)c5)cc4)CC(F)(F)C3)[nH]c2c1. The molecule has 2 aromatic heterocycles. The van der Waals surface area contributed by atoms with Gasteiger partial charge < -0.3 is 10.3 Å². The maximum absolute atomic E-state index is 14.1. The van der Waals surface area contributed by atoms with Crippen molar-refractivity contribution in [3.05, 3.63) is 88.3 Å². The number of halogens is 3. The minimum atomic E-state index is -2.76. The van der Waals surface area contributed by atoms with Crippen LogP contribution in [-0.2, 0) is 5.41 Å². The Balaban J connectivity index is 1.45. The van der Waals surface area contributed by atoms with E-state index in [1.165, 1.54) is 0 Å². The Kier molecular flexibility index (Phi) is 4.74. The predicted octanol–water partition coefficient (Wildman–Crippen LogP) is 5.89. The molecular formula is C24H19ClF2N4O. The Hall–Kier alpha value is -3.32. The van der Waals surface area contributed by atoms with Crippen molar-refractivity contribution in [2.45, 2.75) is 31.1 Å². The highest BCUT2D eigenvalue weighted by Crippen LogP contribution is 2.56. The third kappa shape index (κ3) is 3.62. The smallest absolute Gasteiger partial charge is 0.255 e. The summed E-state index contributed by atoms with van der Waals surface area (Å²) < 4.78 is 28.1. The summed E-state index contributed by atoms with van der Waals surface area (Å²) in [5.41, 5.74) is 2.95. The van der Waals surface area contributed by atoms with E-state index in [9.17, 15) is 13.6 Å². The molecule has 1 saturated carbocycles. The lowest BCUT2D eigenvalue weighted by Crippen LogP contribution is -2.50. The molecule has 5 rings (SSSR count). The topological polar surface area (TPSA) is 70.7 Å². The van der Waals surface area contributed by atoms with E-state index >= 15 is 0 Å². The first-order valence-corrected chi connectivity index (χ1v) is 10.5. The fourth-order valence-electron chi connectivity index (χ4n) is 4.28. The molecule has 1 aliphatic carbocycles. The standard InChI is InChI=1S/C24H19ClF2N4O/c1-14-9-19-20(28-11-14)31-22(30-19)23(12-24(26,27)13-23)16-5-7-18(8-6-16)29-21(32)15-3-2-4-17(25)10-15/h2-11H,12-13H2,1H3,(H,29,32)(H,28,30,31). The van der Waals surface area contributed by atoms with Crippen LogP contribution in [0.2, 0.25) is 5.02 Å². The van der Waals surface area contributed by atoms with Crippen molar-refractivity contribution in [1.29, 1.82) is 0 Å². The van der Waals surface area contributed by atoms with Gasteiger partial charge in [-0.1, -0.05) is 29.8 Å². The van der Waals surface area contributed by atoms with Gasteiger partial charge in [0.1, 0.15) is 5.82 Å². The molecule has 0 saturated heterocycles. The second-order valence-electron chi connectivity index (χ2n) is 8.30. The number of hydrogen-bond acceptors (Lipinski definition) is 3. The van der Waals surface area contributed by atoms with Crippen LogP contribution in [0.15, 0.2) is 60.8 Å². The molecule has 0 spiro atoms. The van der Waals surface area contributed by atoms with Crippen LogP contribution in [0.1, 0.15) is 40.2 Å². The molecule has 162 valence electrons. The van der Waals surface area contributed by atoms with E-state index in [1.54, 1.807) is 54.7 Å². The number of anilines is 1. The normalized spacial score (nSPS) is 16.5. The lowest BCUT2D eigenvalue weighted by Gasteiger charge is -2.46. The number of aromatic amines is 1. The number of aromatic nitrogens is 3. The number of carbonyl (C=O) groups is 1. The van der Waals surface area contributed by atoms with Gasteiger partial charge in [-0.2, -0.15) is 0 Å².